The highest BCUT2D eigenvalue weighted by molar-refractivity contribution is 6.19. The summed E-state index contributed by atoms with van der Waals surface area (Å²) in [7, 11) is 0. The molecule has 0 aliphatic carbocycles. The number of hydrogen-bond donors (Lipinski definition) is 1. The van der Waals surface area contributed by atoms with Crippen molar-refractivity contribution in [1.82, 2.24) is 4.57 Å². The van der Waals surface area contributed by atoms with E-state index in [1.54, 1.807) is 0 Å². The molecule has 1 heterocycles. The zero-order chi connectivity index (χ0) is 35.2. The molecule has 0 fully saturated rings. The Labute approximate surface area is 300 Å². The molecule has 8 rings (SSSR count). The lowest BCUT2D eigenvalue weighted by molar-refractivity contribution is 1.20. The standard InChI is InChI=1S/C43H31N.C6H11N/c1-3-11-36(35-15-6-4-12-29(35)2)32-22-20-30(21-23-32)33-24-26-38-34(28-33)25-27-40-39-17-8-9-18-42(39)44(43(38)40)41-19-10-14-31-13-5-7-16-37(31)41;1-2-3-4-5-6-7/h3-28H,1H2,2H3;3-6H,2,7H2,1H3/b36-11-;4-3-,6-5-. The van der Waals surface area contributed by atoms with Crippen LogP contribution in [-0.2, 0) is 0 Å². The third-order valence-electron chi connectivity index (χ3n) is 9.50. The molecule has 2 nitrogen and oxygen atoms in total. The van der Waals surface area contributed by atoms with E-state index in [0.29, 0.717) is 0 Å². The smallest absolute Gasteiger partial charge is 0.0619 e. The molecule has 0 aliphatic heterocycles. The fraction of sp³-hybridized carbons (Fsp3) is 0.0612. The van der Waals surface area contributed by atoms with Crippen molar-refractivity contribution in [2.24, 2.45) is 5.73 Å². The summed E-state index contributed by atoms with van der Waals surface area (Å²) in [6, 6.07) is 52.9. The maximum Gasteiger partial charge on any atom is 0.0619 e. The van der Waals surface area contributed by atoms with E-state index in [4.69, 9.17) is 5.73 Å². The van der Waals surface area contributed by atoms with Gasteiger partial charge >= 0.3 is 0 Å². The summed E-state index contributed by atoms with van der Waals surface area (Å²) in [5.41, 5.74) is 16.0. The van der Waals surface area contributed by atoms with Crippen molar-refractivity contribution in [3.05, 3.63) is 205 Å². The first kappa shape index (κ1) is 33.1. The second-order valence-corrected chi connectivity index (χ2v) is 12.7. The van der Waals surface area contributed by atoms with Crippen LogP contribution >= 0.6 is 0 Å². The molecule has 1 aromatic heterocycles. The van der Waals surface area contributed by atoms with Crippen LogP contribution in [0.1, 0.15) is 30.0 Å². The first-order chi connectivity index (χ1) is 25.1. The fourth-order valence-electron chi connectivity index (χ4n) is 7.08. The maximum absolute atomic E-state index is 5.04. The van der Waals surface area contributed by atoms with E-state index in [0.717, 1.165) is 6.42 Å². The minimum atomic E-state index is 1.07. The highest BCUT2D eigenvalue weighted by Crippen LogP contribution is 2.39. The highest BCUT2D eigenvalue weighted by Gasteiger charge is 2.17. The van der Waals surface area contributed by atoms with Crippen molar-refractivity contribution in [2.45, 2.75) is 20.3 Å². The Hall–Kier alpha value is -6.38. The fourth-order valence-corrected chi connectivity index (χ4v) is 7.08. The Morgan fingerprint density at radius 2 is 1.35 bits per heavy atom. The molecular weight excluding hydrogens is 617 g/mol. The lowest BCUT2D eigenvalue weighted by Gasteiger charge is -2.14. The number of nitrogens with two attached hydrogens (primary N) is 1. The second kappa shape index (κ2) is 15.0. The summed E-state index contributed by atoms with van der Waals surface area (Å²) < 4.78 is 2.46. The van der Waals surface area contributed by atoms with Crippen molar-refractivity contribution in [1.29, 1.82) is 0 Å². The van der Waals surface area contributed by atoms with Crippen LogP contribution in [0.4, 0.5) is 0 Å². The SMILES string of the molecule is C=C/C=C(/c1ccc(-c2ccc3c(ccc4c5ccccc5n(-c5cccc6ccccc56)c34)c2)cc1)c1ccccc1C.CC/C=C\C=C/N. The molecule has 0 bridgehead atoms. The minimum absolute atomic E-state index is 1.07. The highest BCUT2D eigenvalue weighted by atomic mass is 15.0. The van der Waals surface area contributed by atoms with Crippen LogP contribution in [-0.4, -0.2) is 4.57 Å². The van der Waals surface area contributed by atoms with Gasteiger partial charge in [0, 0.05) is 21.5 Å². The lowest BCUT2D eigenvalue weighted by Crippen LogP contribution is -1.96. The number of benzene rings is 7. The zero-order valence-electron chi connectivity index (χ0n) is 29.3. The predicted octanol–water partition coefficient (Wildman–Crippen LogP) is 13.1. The molecule has 2 heteroatoms. The van der Waals surface area contributed by atoms with Gasteiger partial charge in [-0.25, -0.2) is 0 Å². The molecular formula is C49H42N2. The molecule has 0 spiro atoms. The average Bonchev–Trinajstić information content (AvgIpc) is 3.52. The van der Waals surface area contributed by atoms with Gasteiger partial charge in [-0.3, -0.25) is 0 Å². The van der Waals surface area contributed by atoms with E-state index >= 15 is 0 Å². The van der Waals surface area contributed by atoms with Crippen LogP contribution in [0.25, 0.3) is 65.7 Å². The number of para-hydroxylation sites is 1. The summed E-state index contributed by atoms with van der Waals surface area (Å²) in [6.45, 7) is 8.22. The van der Waals surface area contributed by atoms with E-state index in [1.165, 1.54) is 88.6 Å². The molecule has 0 amide bonds. The Balaban J connectivity index is 0.000000529. The van der Waals surface area contributed by atoms with Gasteiger partial charge in [0.25, 0.3) is 0 Å². The number of fused-ring (bicyclic) bond motifs is 6. The Bertz CT molecular complexity index is 2590. The van der Waals surface area contributed by atoms with Gasteiger partial charge in [-0.1, -0.05) is 165 Å². The van der Waals surface area contributed by atoms with Crippen LogP contribution in [0.15, 0.2) is 189 Å². The Morgan fingerprint density at radius 1 is 0.647 bits per heavy atom. The van der Waals surface area contributed by atoms with Crippen LogP contribution in [0.5, 0.6) is 0 Å². The van der Waals surface area contributed by atoms with Gasteiger partial charge in [0.1, 0.15) is 0 Å². The van der Waals surface area contributed by atoms with Crippen molar-refractivity contribution < 1.29 is 0 Å². The van der Waals surface area contributed by atoms with E-state index in [9.17, 15) is 0 Å². The molecule has 8 aromatic rings. The van der Waals surface area contributed by atoms with Crippen molar-refractivity contribution in [3.8, 4) is 16.8 Å². The topological polar surface area (TPSA) is 30.9 Å². The van der Waals surface area contributed by atoms with E-state index in [-0.39, 0.29) is 0 Å². The van der Waals surface area contributed by atoms with Gasteiger partial charge < -0.3 is 10.3 Å². The van der Waals surface area contributed by atoms with Crippen LogP contribution in [0.3, 0.4) is 0 Å². The lowest BCUT2D eigenvalue weighted by atomic mass is 9.92. The molecule has 7 aromatic carbocycles. The first-order valence-corrected chi connectivity index (χ1v) is 17.6. The molecule has 0 unspecified atom stereocenters. The zero-order valence-corrected chi connectivity index (χ0v) is 29.3. The summed E-state index contributed by atoms with van der Waals surface area (Å²) in [6.07, 6.45) is 12.4. The van der Waals surface area contributed by atoms with Gasteiger partial charge in [0.15, 0.2) is 0 Å². The average molecular weight is 659 g/mol. The maximum atomic E-state index is 5.04. The molecule has 0 saturated heterocycles. The number of rotatable bonds is 7. The number of hydrogen-bond acceptors (Lipinski definition) is 1. The summed E-state index contributed by atoms with van der Waals surface area (Å²) in [5, 5.41) is 7.53. The van der Waals surface area contributed by atoms with Crippen molar-refractivity contribution in [2.75, 3.05) is 0 Å². The summed E-state index contributed by atoms with van der Waals surface area (Å²) in [5.74, 6) is 0. The largest absolute Gasteiger partial charge is 0.405 e. The van der Waals surface area contributed by atoms with Gasteiger partial charge in [0.2, 0.25) is 0 Å². The summed E-state index contributed by atoms with van der Waals surface area (Å²) in [4.78, 5) is 0. The summed E-state index contributed by atoms with van der Waals surface area (Å²) >= 11 is 0. The van der Waals surface area contributed by atoms with Crippen molar-refractivity contribution >= 4 is 48.9 Å². The van der Waals surface area contributed by atoms with E-state index in [1.807, 2.05) is 24.3 Å². The Kier molecular flexibility index (Phi) is 9.76. The second-order valence-electron chi connectivity index (χ2n) is 12.7. The third-order valence-corrected chi connectivity index (χ3v) is 9.50. The van der Waals surface area contributed by atoms with E-state index in [2.05, 4.69) is 177 Å². The quantitative estimate of drug-likeness (QED) is 0.170. The van der Waals surface area contributed by atoms with Gasteiger partial charge in [-0.05, 0) is 88.0 Å². The molecule has 248 valence electrons. The molecule has 0 saturated carbocycles. The molecule has 51 heavy (non-hydrogen) atoms. The first-order valence-electron chi connectivity index (χ1n) is 17.6. The monoisotopic (exact) mass is 658 g/mol. The van der Waals surface area contributed by atoms with Crippen molar-refractivity contribution in [3.63, 3.8) is 0 Å². The third kappa shape index (κ3) is 6.52. The normalized spacial score (nSPS) is 11.9. The minimum Gasteiger partial charge on any atom is -0.405 e. The number of aryl methyl sites for hydroxylation is 1. The number of allylic oxidation sites excluding steroid dienone is 5. The van der Waals surface area contributed by atoms with Crippen LogP contribution in [0, 0.1) is 6.92 Å². The van der Waals surface area contributed by atoms with E-state index < -0.39 is 0 Å². The molecule has 0 aliphatic rings. The molecule has 0 radical (unpaired) electrons. The predicted molar refractivity (Wildman–Crippen MR) is 222 cm³/mol. The molecule has 2 N–H and O–H groups in total. The number of aromatic nitrogens is 1. The van der Waals surface area contributed by atoms with Gasteiger partial charge in [0.05, 0.1) is 16.7 Å². The van der Waals surface area contributed by atoms with Gasteiger partial charge in [-0.2, -0.15) is 0 Å². The number of nitrogens with zero attached hydrogens (tertiary/aromatic N) is 1. The molecule has 0 atom stereocenters. The van der Waals surface area contributed by atoms with Crippen LogP contribution in [0.2, 0.25) is 0 Å². The van der Waals surface area contributed by atoms with Crippen LogP contribution < -0.4 is 5.73 Å². The van der Waals surface area contributed by atoms with Gasteiger partial charge in [-0.15, -0.1) is 0 Å². The Morgan fingerprint density at radius 3 is 2.14 bits per heavy atom.